The molecule has 0 N–H and O–H groups in total. The minimum atomic E-state index is -3.89. The molecule has 0 radical (unpaired) electrons. The largest absolute Gasteiger partial charge is 0.494 e. The van der Waals surface area contributed by atoms with Gasteiger partial charge in [-0.05, 0) is 56.9 Å². The molecule has 0 unspecified atom stereocenters. The summed E-state index contributed by atoms with van der Waals surface area (Å²) in [5.74, 6) is -0.366. The monoisotopic (exact) mass is 548 g/mol. The summed E-state index contributed by atoms with van der Waals surface area (Å²) in [7, 11) is -4.34. The van der Waals surface area contributed by atoms with Crippen molar-refractivity contribution in [1.29, 1.82) is 0 Å². The summed E-state index contributed by atoms with van der Waals surface area (Å²) in [6.07, 6.45) is 0. The first kappa shape index (κ1) is 26.8. The molecule has 0 aliphatic carbocycles. The van der Waals surface area contributed by atoms with E-state index in [1.54, 1.807) is 42.5 Å². The molecule has 6 nitrogen and oxygen atoms in total. The summed E-state index contributed by atoms with van der Waals surface area (Å²) in [6, 6.07) is 23.0. The van der Waals surface area contributed by atoms with Crippen molar-refractivity contribution in [3.8, 4) is 0 Å². The average molecular weight is 548 g/mol. The SMILES string of the molecule is CC1(C)OB(c2ccc(COCC(=O)c3sc4ccccc4c3S(=O)(=O)c3ccccc3)cc2)OC1(C)C. The van der Waals surface area contributed by atoms with Gasteiger partial charge in [0.1, 0.15) is 11.5 Å². The van der Waals surface area contributed by atoms with Crippen molar-refractivity contribution >= 4 is 49.6 Å². The van der Waals surface area contributed by atoms with Crippen LogP contribution in [-0.4, -0.2) is 39.1 Å². The molecule has 3 aromatic carbocycles. The number of benzene rings is 3. The van der Waals surface area contributed by atoms with Gasteiger partial charge in [0.15, 0.2) is 5.78 Å². The number of thiophene rings is 1. The number of ether oxygens (including phenoxy) is 1. The van der Waals surface area contributed by atoms with Gasteiger partial charge in [0.2, 0.25) is 9.84 Å². The summed E-state index contributed by atoms with van der Waals surface area (Å²) < 4.78 is 45.8. The number of carbonyl (C=O) groups excluding carboxylic acids is 1. The molecule has 0 amide bonds. The van der Waals surface area contributed by atoms with Gasteiger partial charge < -0.3 is 14.0 Å². The Labute approximate surface area is 227 Å². The summed E-state index contributed by atoms with van der Waals surface area (Å²) in [6.45, 7) is 8.03. The van der Waals surface area contributed by atoms with Crippen LogP contribution in [0.1, 0.15) is 42.9 Å². The Morgan fingerprint density at radius 3 is 2.13 bits per heavy atom. The van der Waals surface area contributed by atoms with Crippen LogP contribution in [0.3, 0.4) is 0 Å². The molecule has 4 aromatic rings. The minimum absolute atomic E-state index is 0.0460. The molecule has 0 atom stereocenters. The third-order valence-electron chi connectivity index (χ3n) is 7.13. The molecule has 9 heteroatoms. The quantitative estimate of drug-likeness (QED) is 0.216. The predicted molar refractivity (Wildman–Crippen MR) is 150 cm³/mol. The number of carbonyl (C=O) groups is 1. The van der Waals surface area contributed by atoms with Crippen LogP contribution in [0.2, 0.25) is 0 Å². The van der Waals surface area contributed by atoms with E-state index in [1.165, 1.54) is 11.3 Å². The molecule has 38 heavy (non-hydrogen) atoms. The van der Waals surface area contributed by atoms with Crippen LogP contribution in [0.25, 0.3) is 10.1 Å². The Kier molecular flexibility index (Phi) is 7.09. The highest BCUT2D eigenvalue weighted by atomic mass is 32.2. The van der Waals surface area contributed by atoms with Crippen molar-refractivity contribution in [2.45, 2.75) is 55.3 Å². The van der Waals surface area contributed by atoms with Crippen molar-refractivity contribution in [3.63, 3.8) is 0 Å². The lowest BCUT2D eigenvalue weighted by Crippen LogP contribution is -2.41. The van der Waals surface area contributed by atoms with Gasteiger partial charge in [0.05, 0.1) is 27.6 Å². The fourth-order valence-electron chi connectivity index (χ4n) is 4.27. The number of ketones is 1. The molecule has 1 aliphatic rings. The van der Waals surface area contributed by atoms with E-state index in [0.29, 0.717) is 5.39 Å². The molecule has 1 saturated heterocycles. The normalized spacial score (nSPS) is 16.7. The van der Waals surface area contributed by atoms with Crippen molar-refractivity contribution in [3.05, 3.63) is 89.3 Å². The van der Waals surface area contributed by atoms with Gasteiger partial charge in [-0.2, -0.15) is 0 Å². The Hall–Kier alpha value is -2.82. The van der Waals surface area contributed by atoms with Crippen molar-refractivity contribution in [2.24, 2.45) is 0 Å². The number of fused-ring (bicyclic) bond motifs is 1. The second-order valence-corrected chi connectivity index (χ2v) is 13.3. The number of Topliss-reactive ketones (excluding diaryl/α,β-unsaturated/α-hetero) is 1. The molecular weight excluding hydrogens is 519 g/mol. The third-order valence-corrected chi connectivity index (χ3v) is 10.3. The molecule has 1 aliphatic heterocycles. The van der Waals surface area contributed by atoms with Crippen molar-refractivity contribution in [2.75, 3.05) is 6.61 Å². The number of rotatable bonds is 8. The van der Waals surface area contributed by atoms with Gasteiger partial charge in [-0.3, -0.25) is 4.79 Å². The molecule has 0 bridgehead atoms. The lowest BCUT2D eigenvalue weighted by molar-refractivity contribution is 0.00578. The molecule has 196 valence electrons. The lowest BCUT2D eigenvalue weighted by atomic mass is 9.79. The Balaban J connectivity index is 1.30. The average Bonchev–Trinajstić information content (AvgIpc) is 3.39. The van der Waals surface area contributed by atoms with Crippen LogP contribution in [-0.2, 0) is 30.5 Å². The van der Waals surface area contributed by atoms with Crippen LogP contribution >= 0.6 is 11.3 Å². The Morgan fingerprint density at radius 1 is 0.868 bits per heavy atom. The maximum atomic E-state index is 13.5. The van der Waals surface area contributed by atoms with E-state index < -0.39 is 28.2 Å². The van der Waals surface area contributed by atoms with E-state index in [4.69, 9.17) is 14.0 Å². The second kappa shape index (κ2) is 10.1. The summed E-state index contributed by atoms with van der Waals surface area (Å²) in [5.41, 5.74) is 0.953. The fourth-order valence-corrected chi connectivity index (χ4v) is 7.38. The second-order valence-electron chi connectivity index (χ2n) is 10.3. The van der Waals surface area contributed by atoms with Gasteiger partial charge >= 0.3 is 7.12 Å². The highest BCUT2D eigenvalue weighted by Crippen LogP contribution is 2.38. The zero-order valence-corrected chi connectivity index (χ0v) is 23.4. The zero-order chi connectivity index (χ0) is 27.1. The standard InChI is InChI=1S/C29H29BO6S2/c1-28(2)29(3,4)36-30(35-28)21-16-14-20(15-17-21)18-34-19-24(31)26-27(23-12-8-9-13-25(23)37-26)38(32,33)22-10-6-5-7-11-22/h5-17H,18-19H2,1-4H3. The van der Waals surface area contributed by atoms with E-state index in [2.05, 4.69) is 0 Å². The topological polar surface area (TPSA) is 78.9 Å². The molecule has 1 fully saturated rings. The van der Waals surface area contributed by atoms with Gasteiger partial charge in [0.25, 0.3) is 0 Å². The molecule has 5 rings (SSSR count). The van der Waals surface area contributed by atoms with Gasteiger partial charge in [0, 0.05) is 10.1 Å². The number of hydrogen-bond acceptors (Lipinski definition) is 7. The van der Waals surface area contributed by atoms with E-state index in [1.807, 2.05) is 64.1 Å². The van der Waals surface area contributed by atoms with Gasteiger partial charge in [-0.15, -0.1) is 11.3 Å². The van der Waals surface area contributed by atoms with Crippen LogP contribution in [0.4, 0.5) is 0 Å². The first-order chi connectivity index (χ1) is 18.0. The zero-order valence-electron chi connectivity index (χ0n) is 21.8. The van der Waals surface area contributed by atoms with Crippen LogP contribution in [0.5, 0.6) is 0 Å². The number of hydrogen-bond donors (Lipinski definition) is 0. The first-order valence-electron chi connectivity index (χ1n) is 12.4. The Morgan fingerprint density at radius 2 is 1.47 bits per heavy atom. The summed E-state index contributed by atoms with van der Waals surface area (Å²) in [4.78, 5) is 13.6. The maximum absolute atomic E-state index is 13.5. The van der Waals surface area contributed by atoms with E-state index >= 15 is 0 Å². The maximum Gasteiger partial charge on any atom is 0.494 e. The van der Waals surface area contributed by atoms with E-state index in [0.717, 1.165) is 15.7 Å². The van der Waals surface area contributed by atoms with Crippen molar-refractivity contribution in [1.82, 2.24) is 0 Å². The van der Waals surface area contributed by atoms with E-state index in [9.17, 15) is 13.2 Å². The lowest BCUT2D eigenvalue weighted by Gasteiger charge is -2.32. The predicted octanol–water partition coefficient (Wildman–Crippen LogP) is 5.43. The van der Waals surface area contributed by atoms with E-state index in [-0.39, 0.29) is 33.7 Å². The summed E-state index contributed by atoms with van der Waals surface area (Å²) in [5, 5.41) is 0.544. The van der Waals surface area contributed by atoms with Gasteiger partial charge in [-0.1, -0.05) is 60.7 Å². The molecule has 0 saturated carbocycles. The minimum Gasteiger partial charge on any atom is -0.399 e. The Bertz CT molecular complexity index is 1560. The smallest absolute Gasteiger partial charge is 0.399 e. The molecule has 0 spiro atoms. The van der Waals surface area contributed by atoms with Gasteiger partial charge in [-0.25, -0.2) is 8.42 Å². The molecule has 2 heterocycles. The molecular formula is C29H29BO6S2. The number of sulfone groups is 1. The molecule has 1 aromatic heterocycles. The summed E-state index contributed by atoms with van der Waals surface area (Å²) >= 11 is 1.18. The highest BCUT2D eigenvalue weighted by molar-refractivity contribution is 7.92. The van der Waals surface area contributed by atoms with Crippen LogP contribution < -0.4 is 5.46 Å². The van der Waals surface area contributed by atoms with Crippen molar-refractivity contribution < 1.29 is 27.3 Å². The highest BCUT2D eigenvalue weighted by Gasteiger charge is 2.51. The van der Waals surface area contributed by atoms with Crippen LogP contribution in [0.15, 0.2) is 88.7 Å². The fraction of sp³-hybridized carbons (Fsp3) is 0.276. The first-order valence-corrected chi connectivity index (χ1v) is 14.7. The third kappa shape index (κ3) is 4.97. The van der Waals surface area contributed by atoms with Crippen LogP contribution in [0, 0.1) is 0 Å².